The Labute approximate surface area is 124 Å². The predicted octanol–water partition coefficient (Wildman–Crippen LogP) is 0.859. The molecule has 0 aliphatic heterocycles. The molecule has 1 aromatic rings. The normalized spacial score (nSPS) is 13.2. The smallest absolute Gasteiger partial charge is 0.330 e. The highest BCUT2D eigenvalue weighted by Gasteiger charge is 2.21. The Kier molecular flexibility index (Phi) is 5.60. The van der Waals surface area contributed by atoms with Crippen LogP contribution in [0.25, 0.3) is 0 Å². The number of aromatic nitrogens is 2. The topological polar surface area (TPSA) is 102 Å². The molecule has 0 aliphatic carbocycles. The number of rotatable bonds is 6. The van der Waals surface area contributed by atoms with Gasteiger partial charge in [-0.15, -0.1) is 0 Å². The van der Waals surface area contributed by atoms with Gasteiger partial charge < -0.3 is 15.8 Å². The van der Waals surface area contributed by atoms with Crippen molar-refractivity contribution in [2.45, 2.75) is 34.2 Å². The van der Waals surface area contributed by atoms with E-state index in [1.165, 1.54) is 11.7 Å². The van der Waals surface area contributed by atoms with Crippen molar-refractivity contribution in [3.63, 3.8) is 0 Å². The van der Waals surface area contributed by atoms with Crippen LogP contribution in [0.5, 0.6) is 0 Å². The van der Waals surface area contributed by atoms with E-state index in [-0.39, 0.29) is 16.9 Å². The number of nitrogens with two attached hydrogens (primary N) is 1. The van der Waals surface area contributed by atoms with Crippen LogP contribution >= 0.6 is 0 Å². The lowest BCUT2D eigenvalue weighted by Gasteiger charge is -2.27. The van der Waals surface area contributed by atoms with E-state index in [1.54, 1.807) is 0 Å². The zero-order valence-corrected chi connectivity index (χ0v) is 13.4. The van der Waals surface area contributed by atoms with Gasteiger partial charge in [0.25, 0.3) is 5.56 Å². The summed E-state index contributed by atoms with van der Waals surface area (Å²) in [6.07, 6.45) is 0. The minimum Gasteiger partial charge on any atom is -0.383 e. The fourth-order valence-electron chi connectivity index (χ4n) is 1.72. The van der Waals surface area contributed by atoms with Gasteiger partial charge in [0, 0.05) is 13.7 Å². The minimum atomic E-state index is -0.524. The molecule has 7 heteroatoms. The van der Waals surface area contributed by atoms with Crippen molar-refractivity contribution in [3.8, 4) is 0 Å². The molecule has 1 heterocycles. The molecule has 1 aromatic heterocycles. The molecule has 1 rings (SSSR count). The molecule has 0 fully saturated rings. The molecular formula is C14H26N4O3. The molecule has 7 nitrogen and oxygen atoms in total. The average Bonchev–Trinajstić information content (AvgIpc) is 2.36. The Hall–Kier alpha value is -1.76. The van der Waals surface area contributed by atoms with Crippen LogP contribution < -0.4 is 22.3 Å². The Morgan fingerprint density at radius 2 is 2.00 bits per heavy atom. The maximum Gasteiger partial charge on any atom is 0.330 e. The number of H-pyrrole nitrogens is 1. The van der Waals surface area contributed by atoms with Gasteiger partial charge in [-0.2, -0.15) is 0 Å². The van der Waals surface area contributed by atoms with Crippen LogP contribution in [0.3, 0.4) is 0 Å². The highest BCUT2D eigenvalue weighted by Crippen LogP contribution is 2.25. The van der Waals surface area contributed by atoms with Crippen molar-refractivity contribution in [2.24, 2.45) is 11.3 Å². The summed E-state index contributed by atoms with van der Waals surface area (Å²) in [5, 5.41) is 3.06. The van der Waals surface area contributed by atoms with Crippen LogP contribution in [-0.4, -0.2) is 29.8 Å². The predicted molar refractivity (Wildman–Crippen MR) is 84.7 cm³/mol. The van der Waals surface area contributed by atoms with Crippen molar-refractivity contribution < 1.29 is 4.74 Å². The fraction of sp³-hybridized carbons (Fsp3) is 0.714. The fourth-order valence-corrected chi connectivity index (χ4v) is 1.72. The van der Waals surface area contributed by atoms with E-state index in [2.05, 4.69) is 38.0 Å². The lowest BCUT2D eigenvalue weighted by molar-refractivity contribution is 0.186. The van der Waals surface area contributed by atoms with Gasteiger partial charge >= 0.3 is 5.69 Å². The minimum absolute atomic E-state index is 0.110. The van der Waals surface area contributed by atoms with Gasteiger partial charge in [-0.25, -0.2) is 4.79 Å². The van der Waals surface area contributed by atoms with E-state index in [4.69, 9.17) is 10.5 Å². The summed E-state index contributed by atoms with van der Waals surface area (Å²) in [5.74, 6) is 0.470. The second-order valence-electron chi connectivity index (χ2n) is 6.31. The molecule has 1 atom stereocenters. The molecule has 0 saturated heterocycles. The van der Waals surface area contributed by atoms with E-state index in [0.29, 0.717) is 25.6 Å². The summed E-state index contributed by atoms with van der Waals surface area (Å²) >= 11 is 0. The summed E-state index contributed by atoms with van der Waals surface area (Å²) in [4.78, 5) is 25.9. The number of nitrogens with one attached hydrogen (secondary N) is 2. The van der Waals surface area contributed by atoms with E-state index in [9.17, 15) is 9.59 Å². The summed E-state index contributed by atoms with van der Waals surface area (Å²) in [5.41, 5.74) is 5.28. The van der Waals surface area contributed by atoms with Crippen molar-refractivity contribution in [1.29, 1.82) is 0 Å². The first-order valence-corrected chi connectivity index (χ1v) is 7.04. The number of aromatic amines is 1. The summed E-state index contributed by atoms with van der Waals surface area (Å²) in [6, 6.07) is 0. The zero-order valence-electron chi connectivity index (χ0n) is 13.4. The van der Waals surface area contributed by atoms with Crippen LogP contribution in [0.4, 0.5) is 11.5 Å². The van der Waals surface area contributed by atoms with Gasteiger partial charge in [0.2, 0.25) is 0 Å². The highest BCUT2D eigenvalue weighted by atomic mass is 16.5. The van der Waals surface area contributed by atoms with Gasteiger partial charge in [-0.05, 0) is 11.3 Å². The van der Waals surface area contributed by atoms with Crippen LogP contribution in [0, 0.1) is 11.3 Å². The number of hydrogen-bond acceptors (Lipinski definition) is 5. The number of ether oxygens (including phenoxy) is 1. The third kappa shape index (κ3) is 4.35. The SMILES string of the molecule is COCCn1c(N)c(NCC(C)C(C)(C)C)c(=O)[nH]c1=O. The van der Waals surface area contributed by atoms with Gasteiger partial charge in [0.1, 0.15) is 11.5 Å². The maximum absolute atomic E-state index is 11.9. The molecule has 120 valence electrons. The molecule has 0 amide bonds. The number of hydrogen-bond donors (Lipinski definition) is 3. The average molecular weight is 298 g/mol. The first-order chi connectivity index (χ1) is 9.68. The Balaban J connectivity index is 3.02. The van der Waals surface area contributed by atoms with Gasteiger partial charge in [-0.3, -0.25) is 14.3 Å². The largest absolute Gasteiger partial charge is 0.383 e. The maximum atomic E-state index is 11.9. The van der Waals surface area contributed by atoms with E-state index in [0.717, 1.165) is 0 Å². The lowest BCUT2D eigenvalue weighted by atomic mass is 9.82. The summed E-state index contributed by atoms with van der Waals surface area (Å²) in [6.45, 7) is 9.72. The second-order valence-corrected chi connectivity index (χ2v) is 6.31. The number of anilines is 2. The molecule has 4 N–H and O–H groups in total. The van der Waals surface area contributed by atoms with Crippen LogP contribution in [0.1, 0.15) is 27.7 Å². The molecule has 0 aliphatic rings. The van der Waals surface area contributed by atoms with Gasteiger partial charge in [0.05, 0.1) is 13.2 Å². The first kappa shape index (κ1) is 17.3. The Morgan fingerprint density at radius 1 is 1.38 bits per heavy atom. The molecule has 0 spiro atoms. The van der Waals surface area contributed by atoms with Crippen molar-refractivity contribution in [1.82, 2.24) is 9.55 Å². The summed E-state index contributed by atoms with van der Waals surface area (Å²) in [7, 11) is 1.54. The van der Waals surface area contributed by atoms with Crippen molar-refractivity contribution in [2.75, 3.05) is 31.3 Å². The standard InChI is InChI=1S/C14H26N4O3/c1-9(14(2,3)4)8-16-10-11(15)18(6-7-21-5)13(20)17-12(10)19/h9,16H,6-8,15H2,1-5H3,(H,17,19,20). The van der Waals surface area contributed by atoms with Crippen molar-refractivity contribution >= 4 is 11.5 Å². The zero-order chi connectivity index (χ0) is 16.2. The first-order valence-electron chi connectivity index (χ1n) is 7.04. The third-order valence-electron chi connectivity index (χ3n) is 3.82. The molecular weight excluding hydrogens is 272 g/mol. The lowest BCUT2D eigenvalue weighted by Crippen LogP contribution is -2.36. The van der Waals surface area contributed by atoms with E-state index < -0.39 is 11.2 Å². The van der Waals surface area contributed by atoms with E-state index in [1.807, 2.05) is 0 Å². The van der Waals surface area contributed by atoms with Crippen LogP contribution in [-0.2, 0) is 11.3 Å². The second kappa shape index (κ2) is 6.80. The van der Waals surface area contributed by atoms with Gasteiger partial charge in [0.15, 0.2) is 0 Å². The molecule has 21 heavy (non-hydrogen) atoms. The number of nitrogen functional groups attached to an aromatic ring is 1. The molecule has 0 saturated carbocycles. The third-order valence-corrected chi connectivity index (χ3v) is 3.82. The Bertz CT molecular complexity index is 583. The number of methoxy groups -OCH3 is 1. The summed E-state index contributed by atoms with van der Waals surface area (Å²) < 4.78 is 6.24. The molecule has 1 unspecified atom stereocenters. The van der Waals surface area contributed by atoms with Crippen molar-refractivity contribution in [3.05, 3.63) is 20.8 Å². The highest BCUT2D eigenvalue weighted by molar-refractivity contribution is 5.60. The Morgan fingerprint density at radius 3 is 2.52 bits per heavy atom. The molecule has 0 bridgehead atoms. The number of nitrogens with zero attached hydrogens (tertiary/aromatic N) is 1. The quantitative estimate of drug-likeness (QED) is 0.723. The van der Waals surface area contributed by atoms with E-state index >= 15 is 0 Å². The monoisotopic (exact) mass is 298 g/mol. The van der Waals surface area contributed by atoms with Crippen LogP contribution in [0.15, 0.2) is 9.59 Å². The molecule has 0 radical (unpaired) electrons. The van der Waals surface area contributed by atoms with Crippen LogP contribution in [0.2, 0.25) is 0 Å². The van der Waals surface area contributed by atoms with Gasteiger partial charge in [-0.1, -0.05) is 27.7 Å². The molecule has 0 aromatic carbocycles.